The Bertz CT molecular complexity index is 917. The predicted octanol–water partition coefficient (Wildman–Crippen LogP) is 1.80. The lowest BCUT2D eigenvalue weighted by molar-refractivity contribution is -0.140. The molecule has 1 saturated carbocycles. The van der Waals surface area contributed by atoms with Crippen molar-refractivity contribution in [3.63, 3.8) is 0 Å². The van der Waals surface area contributed by atoms with Gasteiger partial charge in [-0.1, -0.05) is 12.8 Å². The fourth-order valence-corrected chi connectivity index (χ4v) is 5.51. The highest BCUT2D eigenvalue weighted by Crippen LogP contribution is 2.33. The number of nitrogens with zero attached hydrogens (tertiary/aromatic N) is 2. The Hall–Kier alpha value is -2.81. The molecule has 9 nitrogen and oxygen atoms in total. The van der Waals surface area contributed by atoms with Crippen LogP contribution in [-0.4, -0.2) is 79.7 Å². The minimum atomic E-state index is -0.639. The molecule has 0 radical (unpaired) electrons. The van der Waals surface area contributed by atoms with Crippen LogP contribution < -0.4 is 14.8 Å². The van der Waals surface area contributed by atoms with E-state index in [1.165, 1.54) is 0 Å². The summed E-state index contributed by atoms with van der Waals surface area (Å²) in [6, 6.07) is 4.40. The minimum Gasteiger partial charge on any atom is -0.454 e. The van der Waals surface area contributed by atoms with Crippen molar-refractivity contribution >= 4 is 17.7 Å². The SMILES string of the molecule is O=C(N[C@@H](C(=O)N1CCOCC1)C1CCN(C(=O)C2CCCC2)CC1)c1ccc2c(c1)OCO2. The number of hydrogen-bond acceptors (Lipinski definition) is 6. The largest absolute Gasteiger partial charge is 0.454 e. The zero-order chi connectivity index (χ0) is 23.5. The first-order chi connectivity index (χ1) is 16.6. The number of amides is 3. The fraction of sp³-hybridized carbons (Fsp3) is 0.640. The third-order valence-electron chi connectivity index (χ3n) is 7.54. The number of rotatable bonds is 5. The van der Waals surface area contributed by atoms with E-state index in [0.29, 0.717) is 69.3 Å². The van der Waals surface area contributed by atoms with Gasteiger partial charge in [0.25, 0.3) is 5.91 Å². The van der Waals surface area contributed by atoms with Gasteiger partial charge in [-0.2, -0.15) is 0 Å². The van der Waals surface area contributed by atoms with Crippen molar-refractivity contribution in [3.05, 3.63) is 23.8 Å². The van der Waals surface area contributed by atoms with E-state index in [1.54, 1.807) is 23.1 Å². The first kappa shape index (κ1) is 23.0. The van der Waals surface area contributed by atoms with Gasteiger partial charge in [0.2, 0.25) is 18.6 Å². The van der Waals surface area contributed by atoms with Crippen molar-refractivity contribution < 1.29 is 28.6 Å². The minimum absolute atomic E-state index is 0.0269. The van der Waals surface area contributed by atoms with E-state index < -0.39 is 6.04 Å². The number of morpholine rings is 1. The van der Waals surface area contributed by atoms with E-state index in [1.807, 2.05) is 4.90 Å². The maximum Gasteiger partial charge on any atom is 0.252 e. The molecule has 3 aliphatic heterocycles. The number of nitrogens with one attached hydrogen (secondary N) is 1. The van der Waals surface area contributed by atoms with Crippen LogP contribution in [0.1, 0.15) is 48.9 Å². The molecular weight excluding hydrogens is 438 g/mol. The Morgan fingerprint density at radius 2 is 1.59 bits per heavy atom. The second-order valence-electron chi connectivity index (χ2n) is 9.60. The van der Waals surface area contributed by atoms with Gasteiger partial charge in [0.05, 0.1) is 13.2 Å². The van der Waals surface area contributed by atoms with E-state index >= 15 is 0 Å². The number of piperidine rings is 1. The summed E-state index contributed by atoms with van der Waals surface area (Å²) in [6.07, 6.45) is 5.63. The fourth-order valence-electron chi connectivity index (χ4n) is 5.51. The Morgan fingerprint density at radius 3 is 2.32 bits per heavy atom. The third kappa shape index (κ3) is 4.85. The smallest absolute Gasteiger partial charge is 0.252 e. The van der Waals surface area contributed by atoms with E-state index in [4.69, 9.17) is 14.2 Å². The molecule has 0 unspecified atom stereocenters. The molecule has 1 aliphatic carbocycles. The van der Waals surface area contributed by atoms with Crippen LogP contribution in [0.2, 0.25) is 0 Å². The molecule has 1 N–H and O–H groups in total. The van der Waals surface area contributed by atoms with Crippen LogP contribution in [-0.2, 0) is 14.3 Å². The van der Waals surface area contributed by atoms with E-state index in [-0.39, 0.29) is 36.4 Å². The van der Waals surface area contributed by atoms with Gasteiger partial charge >= 0.3 is 0 Å². The van der Waals surface area contributed by atoms with E-state index in [0.717, 1.165) is 25.7 Å². The Morgan fingerprint density at radius 1 is 0.882 bits per heavy atom. The molecular formula is C25H33N3O6. The van der Waals surface area contributed by atoms with Crippen LogP contribution in [0.25, 0.3) is 0 Å². The van der Waals surface area contributed by atoms with Crippen molar-refractivity contribution in [3.8, 4) is 11.5 Å². The summed E-state index contributed by atoms with van der Waals surface area (Å²) in [7, 11) is 0. The molecule has 1 aromatic carbocycles. The monoisotopic (exact) mass is 471 g/mol. The zero-order valence-electron chi connectivity index (χ0n) is 19.5. The Labute approximate surface area is 199 Å². The maximum atomic E-state index is 13.5. The van der Waals surface area contributed by atoms with Gasteiger partial charge in [-0.3, -0.25) is 14.4 Å². The van der Waals surface area contributed by atoms with E-state index in [9.17, 15) is 14.4 Å². The summed E-state index contributed by atoms with van der Waals surface area (Å²) in [4.78, 5) is 43.3. The summed E-state index contributed by atoms with van der Waals surface area (Å²) < 4.78 is 16.1. The number of carbonyl (C=O) groups excluding carboxylic acids is 3. The molecule has 3 amide bonds. The quantitative estimate of drug-likeness (QED) is 0.704. The number of carbonyl (C=O) groups is 3. The molecule has 9 heteroatoms. The van der Waals surface area contributed by atoms with Crippen molar-refractivity contribution in [1.29, 1.82) is 0 Å². The van der Waals surface area contributed by atoms with Gasteiger partial charge in [0, 0.05) is 37.7 Å². The summed E-state index contributed by atoms with van der Waals surface area (Å²) in [5.41, 5.74) is 0.429. The van der Waals surface area contributed by atoms with Crippen molar-refractivity contribution in [2.24, 2.45) is 11.8 Å². The molecule has 34 heavy (non-hydrogen) atoms. The number of hydrogen-bond donors (Lipinski definition) is 1. The number of fused-ring (bicyclic) bond motifs is 1. The average Bonchev–Trinajstić information content (AvgIpc) is 3.59. The molecule has 184 valence electrons. The highest BCUT2D eigenvalue weighted by atomic mass is 16.7. The average molecular weight is 472 g/mol. The Balaban J connectivity index is 1.28. The van der Waals surface area contributed by atoms with Crippen LogP contribution in [0.15, 0.2) is 18.2 Å². The van der Waals surface area contributed by atoms with Gasteiger partial charge in [0.15, 0.2) is 11.5 Å². The van der Waals surface area contributed by atoms with Gasteiger partial charge in [-0.15, -0.1) is 0 Å². The standard InChI is InChI=1S/C25H33N3O6/c29-23(19-5-6-20-21(15-19)34-16-33-20)26-22(25(31)28-11-13-32-14-12-28)17-7-9-27(10-8-17)24(30)18-3-1-2-4-18/h5-6,15,17-18,22H,1-4,7-14,16H2,(H,26,29)/t22-/m1/s1. The number of likely N-dealkylation sites (tertiary alicyclic amines) is 1. The molecule has 4 aliphatic rings. The zero-order valence-corrected chi connectivity index (χ0v) is 19.5. The summed E-state index contributed by atoms with van der Waals surface area (Å²) in [6.45, 7) is 3.45. The Kier molecular flexibility index (Phi) is 6.89. The van der Waals surface area contributed by atoms with Gasteiger partial charge in [-0.25, -0.2) is 0 Å². The highest BCUT2D eigenvalue weighted by molar-refractivity contribution is 5.98. The van der Waals surface area contributed by atoms with Gasteiger partial charge in [0.1, 0.15) is 6.04 Å². The van der Waals surface area contributed by atoms with E-state index in [2.05, 4.69) is 5.32 Å². The van der Waals surface area contributed by atoms with Gasteiger partial charge in [-0.05, 0) is 49.8 Å². The normalized spacial score (nSPS) is 22.0. The predicted molar refractivity (Wildman–Crippen MR) is 122 cm³/mol. The van der Waals surface area contributed by atoms with Crippen LogP contribution >= 0.6 is 0 Å². The van der Waals surface area contributed by atoms with Crippen molar-refractivity contribution in [2.45, 2.75) is 44.6 Å². The summed E-state index contributed by atoms with van der Waals surface area (Å²) in [5.74, 6) is 1.15. The lowest BCUT2D eigenvalue weighted by atomic mass is 9.87. The summed E-state index contributed by atoms with van der Waals surface area (Å²) in [5, 5.41) is 3.02. The topological polar surface area (TPSA) is 97.4 Å². The molecule has 3 heterocycles. The second kappa shape index (κ2) is 10.2. The number of ether oxygens (including phenoxy) is 3. The third-order valence-corrected chi connectivity index (χ3v) is 7.54. The second-order valence-corrected chi connectivity index (χ2v) is 9.60. The maximum absolute atomic E-state index is 13.5. The molecule has 2 saturated heterocycles. The van der Waals surface area contributed by atoms with Crippen molar-refractivity contribution in [1.82, 2.24) is 15.1 Å². The lowest BCUT2D eigenvalue weighted by Crippen LogP contribution is -2.56. The van der Waals surface area contributed by atoms with Crippen LogP contribution in [0, 0.1) is 11.8 Å². The first-order valence-electron chi connectivity index (χ1n) is 12.5. The number of benzene rings is 1. The van der Waals surface area contributed by atoms with Crippen LogP contribution in [0.3, 0.4) is 0 Å². The van der Waals surface area contributed by atoms with Crippen molar-refractivity contribution in [2.75, 3.05) is 46.2 Å². The van der Waals surface area contributed by atoms with Crippen LogP contribution in [0.5, 0.6) is 11.5 Å². The molecule has 3 fully saturated rings. The molecule has 5 rings (SSSR count). The van der Waals surface area contributed by atoms with Crippen LogP contribution in [0.4, 0.5) is 0 Å². The first-order valence-corrected chi connectivity index (χ1v) is 12.5. The molecule has 1 aromatic rings. The molecule has 0 bridgehead atoms. The van der Waals surface area contributed by atoms with Gasteiger partial charge < -0.3 is 29.3 Å². The molecule has 0 spiro atoms. The highest BCUT2D eigenvalue weighted by Gasteiger charge is 2.38. The molecule has 1 atom stereocenters. The summed E-state index contributed by atoms with van der Waals surface area (Å²) >= 11 is 0. The molecule has 0 aromatic heterocycles. The lowest BCUT2D eigenvalue weighted by Gasteiger charge is -2.39.